The van der Waals surface area contributed by atoms with Gasteiger partial charge in [0.2, 0.25) is 0 Å². The van der Waals surface area contributed by atoms with Crippen LogP contribution >= 0.6 is 28.6 Å². The molecule has 2 aromatic rings. The second-order valence-electron chi connectivity index (χ2n) is 6.55. The van der Waals surface area contributed by atoms with Crippen LogP contribution in [0.5, 0.6) is 5.75 Å². The van der Waals surface area contributed by atoms with Crippen molar-refractivity contribution in [3.05, 3.63) is 59.1 Å². The zero-order valence-corrected chi connectivity index (χ0v) is 18.5. The predicted molar refractivity (Wildman–Crippen MR) is 122 cm³/mol. The summed E-state index contributed by atoms with van der Waals surface area (Å²) in [6, 6.07) is 14.9. The van der Waals surface area contributed by atoms with Gasteiger partial charge in [0, 0.05) is 29.2 Å². The number of rotatable bonds is 6. The maximum atomic E-state index is 12.9. The minimum Gasteiger partial charge on any atom is -0.494 e. The van der Waals surface area contributed by atoms with Gasteiger partial charge in [0.1, 0.15) is 11.6 Å². The summed E-state index contributed by atoms with van der Waals surface area (Å²) in [4.78, 5) is 19.7. The van der Waals surface area contributed by atoms with E-state index < -0.39 is 0 Å². The van der Waals surface area contributed by atoms with Crippen LogP contribution in [0, 0.1) is 0 Å². The van der Waals surface area contributed by atoms with E-state index in [4.69, 9.17) is 21.3 Å². The molecule has 0 atom stereocenters. The molecule has 0 aromatic heterocycles. The van der Waals surface area contributed by atoms with Crippen LogP contribution in [0.25, 0.3) is 0 Å². The maximum Gasteiger partial charge on any atom is 0.182 e. The van der Waals surface area contributed by atoms with Gasteiger partial charge in [0.05, 0.1) is 13.2 Å². The van der Waals surface area contributed by atoms with E-state index in [1.807, 2.05) is 36.1 Å². The van der Waals surface area contributed by atoms with E-state index in [1.165, 1.54) is 6.42 Å². The lowest BCUT2D eigenvalue weighted by Crippen LogP contribution is -2.36. The molecule has 6 heteroatoms. The average molecular weight is 466 g/mol. The van der Waals surface area contributed by atoms with Gasteiger partial charge in [0.25, 0.3) is 0 Å². The normalized spacial score (nSPS) is 13.7. The zero-order chi connectivity index (χ0) is 19.1. The number of ether oxygens (including phenoxy) is 1. The van der Waals surface area contributed by atoms with Crippen molar-refractivity contribution < 1.29 is 9.53 Å². The number of carbonyl (C=O) groups is 1. The summed E-state index contributed by atoms with van der Waals surface area (Å²) in [5.74, 6) is 1.86. The molecule has 0 aliphatic carbocycles. The fourth-order valence-corrected chi connectivity index (χ4v) is 3.30. The number of carbonyl (C=O) groups excluding carboxylic acids is 1. The summed E-state index contributed by atoms with van der Waals surface area (Å²) in [7, 11) is 0. The molecule has 2 aromatic carbocycles. The number of aliphatic imine (C=N–C) groups is 1. The third-order valence-corrected chi connectivity index (χ3v) is 4.84. The van der Waals surface area contributed by atoms with Gasteiger partial charge in [-0.3, -0.25) is 9.79 Å². The molecule has 1 aliphatic rings. The molecule has 0 N–H and O–H groups in total. The predicted octanol–water partition coefficient (Wildman–Crippen LogP) is 5.98. The van der Waals surface area contributed by atoms with Gasteiger partial charge in [0.15, 0.2) is 5.78 Å². The van der Waals surface area contributed by atoms with Crippen molar-refractivity contribution in [1.82, 2.24) is 0 Å². The van der Waals surface area contributed by atoms with Gasteiger partial charge in [-0.15, -0.1) is 17.0 Å². The topological polar surface area (TPSA) is 41.9 Å². The Morgan fingerprint density at radius 2 is 1.79 bits per heavy atom. The first-order valence-electron chi connectivity index (χ1n) is 9.50. The zero-order valence-electron chi connectivity index (χ0n) is 16.1. The second-order valence-corrected chi connectivity index (χ2v) is 6.99. The second kappa shape index (κ2) is 11.2. The third-order valence-electron chi connectivity index (χ3n) is 4.59. The van der Waals surface area contributed by atoms with Crippen molar-refractivity contribution in [2.45, 2.75) is 32.6 Å². The first-order valence-corrected chi connectivity index (χ1v) is 9.87. The van der Waals surface area contributed by atoms with Crippen molar-refractivity contribution in [1.29, 1.82) is 0 Å². The Kier molecular flexibility index (Phi) is 9.00. The van der Waals surface area contributed by atoms with Crippen LogP contribution in [-0.2, 0) is 0 Å². The first kappa shape index (κ1) is 22.4. The summed E-state index contributed by atoms with van der Waals surface area (Å²) in [5.41, 5.74) is 1.62. The molecule has 4 nitrogen and oxygen atoms in total. The molecule has 0 spiro atoms. The molecular weight excluding hydrogens is 440 g/mol. The van der Waals surface area contributed by atoms with Crippen LogP contribution in [0.2, 0.25) is 5.02 Å². The Morgan fingerprint density at radius 1 is 1.07 bits per heavy atom. The standard InChI is InChI=1S/C22H25ClN2O2.BrH/c1-2-27-20-13-11-19(12-14-20)25(22-6-4-3-5-15-24-22)16-21(26)17-7-9-18(23)10-8-17;/h7-14H,2-6,15-16H2,1H3;1H. The highest BCUT2D eigenvalue weighted by Gasteiger charge is 2.19. The summed E-state index contributed by atoms with van der Waals surface area (Å²) < 4.78 is 5.54. The van der Waals surface area contributed by atoms with Crippen LogP contribution in [0.15, 0.2) is 53.5 Å². The molecule has 0 amide bonds. The number of nitrogens with zero attached hydrogens (tertiary/aromatic N) is 2. The number of halogens is 2. The lowest BCUT2D eigenvalue weighted by Gasteiger charge is -2.26. The SMILES string of the molecule is Br.CCOc1ccc(N(CC(=O)c2ccc(Cl)cc2)C2=NCCCCC2)cc1. The van der Waals surface area contributed by atoms with E-state index >= 15 is 0 Å². The number of amidine groups is 1. The van der Waals surface area contributed by atoms with Crippen LogP contribution in [0.1, 0.15) is 43.0 Å². The third kappa shape index (κ3) is 6.08. The van der Waals surface area contributed by atoms with Crippen molar-refractivity contribution >= 4 is 45.9 Å². The molecule has 3 rings (SSSR count). The number of benzene rings is 2. The van der Waals surface area contributed by atoms with Crippen molar-refractivity contribution in [2.24, 2.45) is 4.99 Å². The number of anilines is 1. The first-order chi connectivity index (χ1) is 13.2. The minimum absolute atomic E-state index is 0. The average Bonchev–Trinajstić information content (AvgIpc) is 2.97. The molecule has 0 unspecified atom stereocenters. The molecule has 0 bridgehead atoms. The van der Waals surface area contributed by atoms with E-state index in [-0.39, 0.29) is 29.3 Å². The molecular formula is C22H26BrClN2O2. The van der Waals surface area contributed by atoms with Crippen molar-refractivity contribution in [2.75, 3.05) is 24.6 Å². The summed E-state index contributed by atoms with van der Waals surface area (Å²) in [6.07, 6.45) is 4.27. The highest BCUT2D eigenvalue weighted by atomic mass is 79.9. The molecule has 1 aliphatic heterocycles. The Hall–Kier alpha value is -1.85. The smallest absolute Gasteiger partial charge is 0.182 e. The highest BCUT2D eigenvalue weighted by Crippen LogP contribution is 2.23. The van der Waals surface area contributed by atoms with Crippen molar-refractivity contribution in [3.8, 4) is 5.75 Å². The molecule has 150 valence electrons. The minimum atomic E-state index is 0. The Balaban J connectivity index is 0.00000280. The lowest BCUT2D eigenvalue weighted by atomic mass is 10.1. The number of hydrogen-bond acceptors (Lipinski definition) is 4. The van der Waals surface area contributed by atoms with Gasteiger partial charge >= 0.3 is 0 Å². The number of ketones is 1. The fourth-order valence-electron chi connectivity index (χ4n) is 3.17. The lowest BCUT2D eigenvalue weighted by molar-refractivity contribution is 0.100. The quantitative estimate of drug-likeness (QED) is 0.493. The van der Waals surface area contributed by atoms with Crippen LogP contribution in [0.4, 0.5) is 5.69 Å². The van der Waals surface area contributed by atoms with Gasteiger partial charge in [-0.25, -0.2) is 0 Å². The van der Waals surface area contributed by atoms with Gasteiger partial charge in [-0.1, -0.05) is 18.0 Å². The molecule has 0 radical (unpaired) electrons. The fraction of sp³-hybridized carbons (Fsp3) is 0.364. The van der Waals surface area contributed by atoms with Crippen LogP contribution < -0.4 is 9.64 Å². The monoisotopic (exact) mass is 464 g/mol. The molecule has 28 heavy (non-hydrogen) atoms. The van der Waals surface area contributed by atoms with Crippen LogP contribution in [0.3, 0.4) is 0 Å². The van der Waals surface area contributed by atoms with Crippen molar-refractivity contribution in [3.63, 3.8) is 0 Å². The van der Waals surface area contributed by atoms with Gasteiger partial charge in [-0.05, 0) is 68.3 Å². The van der Waals surface area contributed by atoms with Gasteiger partial charge < -0.3 is 9.64 Å². The molecule has 1 heterocycles. The van der Waals surface area contributed by atoms with E-state index in [1.54, 1.807) is 24.3 Å². The number of Topliss-reactive ketones (excluding diaryl/α,β-unsaturated/α-hetero) is 1. The maximum absolute atomic E-state index is 12.9. The largest absolute Gasteiger partial charge is 0.494 e. The number of hydrogen-bond donors (Lipinski definition) is 0. The Labute approximate surface area is 182 Å². The van der Waals surface area contributed by atoms with E-state index in [2.05, 4.69) is 0 Å². The van der Waals surface area contributed by atoms with E-state index in [0.717, 1.165) is 43.1 Å². The summed E-state index contributed by atoms with van der Waals surface area (Å²) in [6.45, 7) is 3.67. The Bertz CT molecular complexity index is 791. The van der Waals surface area contributed by atoms with Crippen LogP contribution in [-0.4, -0.2) is 31.3 Å². The van der Waals surface area contributed by atoms with Gasteiger partial charge in [-0.2, -0.15) is 0 Å². The van der Waals surface area contributed by atoms with E-state index in [9.17, 15) is 4.79 Å². The Morgan fingerprint density at radius 3 is 2.46 bits per heavy atom. The van der Waals surface area contributed by atoms with E-state index in [0.29, 0.717) is 17.2 Å². The molecule has 0 fully saturated rings. The molecule has 0 saturated heterocycles. The molecule has 0 saturated carbocycles. The highest BCUT2D eigenvalue weighted by molar-refractivity contribution is 8.93. The summed E-state index contributed by atoms with van der Waals surface area (Å²) >= 11 is 5.95. The summed E-state index contributed by atoms with van der Waals surface area (Å²) in [5, 5.41) is 0.628.